The summed E-state index contributed by atoms with van der Waals surface area (Å²) < 4.78 is 7.21. The molecule has 0 unspecified atom stereocenters. The number of halogens is 1. The van der Waals surface area contributed by atoms with Crippen LogP contribution < -0.4 is 21.1 Å². The van der Waals surface area contributed by atoms with E-state index in [1.54, 1.807) is 0 Å². The van der Waals surface area contributed by atoms with Gasteiger partial charge in [-0.1, -0.05) is 46.3 Å². The summed E-state index contributed by atoms with van der Waals surface area (Å²) in [5.74, 6) is 0.233. The molecule has 1 saturated carbocycles. The Kier molecular flexibility index (Phi) is 5.87. The molecule has 1 aliphatic carbocycles. The number of benzene rings is 2. The van der Waals surface area contributed by atoms with Crippen molar-refractivity contribution in [2.75, 3.05) is 0 Å². The minimum absolute atomic E-state index is 0.193. The van der Waals surface area contributed by atoms with Crippen molar-refractivity contribution < 1.29 is 9.53 Å². The van der Waals surface area contributed by atoms with Crippen LogP contribution in [0.2, 0.25) is 0 Å². The summed E-state index contributed by atoms with van der Waals surface area (Å²) in [5, 5.41) is 6.77. The number of carbonyl (C=O) groups excluding carboxylic acids is 1. The van der Waals surface area contributed by atoms with E-state index in [1.807, 2.05) is 48.5 Å². The van der Waals surface area contributed by atoms with E-state index >= 15 is 0 Å². The molecule has 150 valence electrons. The van der Waals surface area contributed by atoms with Gasteiger partial charge in [0, 0.05) is 10.0 Å². The molecule has 4 N–H and O–H groups in total. The topological polar surface area (TPSA) is 76.4 Å². The minimum Gasteiger partial charge on any atom is -0.490 e. The van der Waals surface area contributed by atoms with Gasteiger partial charge in [-0.25, -0.2) is 0 Å². The Balaban J connectivity index is 1.83. The van der Waals surface area contributed by atoms with E-state index in [-0.39, 0.29) is 6.10 Å². The third-order valence-electron chi connectivity index (χ3n) is 5.28. The Hall–Kier alpha value is -2.38. The van der Waals surface area contributed by atoms with E-state index in [0.717, 1.165) is 34.2 Å². The van der Waals surface area contributed by atoms with Crippen molar-refractivity contribution in [3.05, 3.63) is 69.7 Å². The van der Waals surface area contributed by atoms with Crippen molar-refractivity contribution in [2.45, 2.75) is 37.8 Å². The van der Waals surface area contributed by atoms with Gasteiger partial charge >= 0.3 is 0 Å². The minimum atomic E-state index is -0.511. The van der Waals surface area contributed by atoms with E-state index in [1.165, 1.54) is 12.8 Å². The number of hydrogen-bond donors (Lipinski definition) is 3. The quantitative estimate of drug-likeness (QED) is 0.570. The zero-order valence-electron chi connectivity index (χ0n) is 15.8. The smallest absolute Gasteiger partial charge is 0.249 e. The molecule has 0 saturated heterocycles. The molecule has 2 aromatic rings. The van der Waals surface area contributed by atoms with Gasteiger partial charge in [-0.3, -0.25) is 4.79 Å². The average molecular weight is 472 g/mol. The largest absolute Gasteiger partial charge is 0.490 e. The van der Waals surface area contributed by atoms with Crippen molar-refractivity contribution >= 4 is 44.9 Å². The van der Waals surface area contributed by atoms with Gasteiger partial charge in [-0.2, -0.15) is 0 Å². The van der Waals surface area contributed by atoms with E-state index in [0.29, 0.717) is 16.4 Å². The van der Waals surface area contributed by atoms with Gasteiger partial charge in [0.2, 0.25) is 5.91 Å². The molecule has 4 rings (SSSR count). The lowest BCUT2D eigenvalue weighted by Gasteiger charge is -2.32. The molecule has 1 heterocycles. The van der Waals surface area contributed by atoms with Crippen LogP contribution in [0.1, 0.15) is 42.9 Å². The second-order valence-corrected chi connectivity index (χ2v) is 8.58. The van der Waals surface area contributed by atoms with Crippen molar-refractivity contribution in [3.8, 4) is 5.75 Å². The molecule has 2 aliphatic rings. The van der Waals surface area contributed by atoms with Crippen LogP contribution >= 0.6 is 28.1 Å². The predicted octanol–water partition coefficient (Wildman–Crippen LogP) is 4.19. The molecule has 7 heteroatoms. The molecular formula is C22H22BrN3O2S. The van der Waals surface area contributed by atoms with Crippen LogP contribution in [0, 0.1) is 0 Å². The number of nitrogens with two attached hydrogens (primary N) is 1. The second-order valence-electron chi connectivity index (χ2n) is 7.26. The molecule has 1 atom stereocenters. The van der Waals surface area contributed by atoms with Crippen LogP contribution in [-0.2, 0) is 4.79 Å². The zero-order valence-corrected chi connectivity index (χ0v) is 18.2. The first-order chi connectivity index (χ1) is 14.0. The summed E-state index contributed by atoms with van der Waals surface area (Å²) in [5.41, 5.74) is 8.58. The highest BCUT2D eigenvalue weighted by atomic mass is 79.9. The summed E-state index contributed by atoms with van der Waals surface area (Å²) in [7, 11) is 0. The number of rotatable bonds is 5. The third-order valence-corrected chi connectivity index (χ3v) is 5.99. The normalized spacial score (nSPS) is 19.6. The molecule has 5 nitrogen and oxygen atoms in total. The first-order valence-corrected chi connectivity index (χ1v) is 10.9. The Morgan fingerprint density at radius 2 is 1.86 bits per heavy atom. The standard InChI is InChI=1S/C22H22BrN3O2S/c23-14-10-11-17(28-15-8-4-5-9-15)16(12-14)20-18(21(24)27)19(25-22(29)26-20)13-6-2-1-3-7-13/h1-3,6-7,10-12,15,20H,4-5,8-9H2,(H2,24,27)(H2,25,26,29)/t20-/m0/s1. The number of amides is 1. The molecule has 0 bridgehead atoms. The van der Waals surface area contributed by atoms with Crippen LogP contribution in [0.4, 0.5) is 0 Å². The summed E-state index contributed by atoms with van der Waals surface area (Å²) in [6, 6.07) is 14.9. The number of hydrogen-bond acceptors (Lipinski definition) is 3. The van der Waals surface area contributed by atoms with Crippen LogP contribution in [-0.4, -0.2) is 17.1 Å². The molecule has 0 aromatic heterocycles. The zero-order chi connectivity index (χ0) is 20.4. The number of primary amides is 1. The Morgan fingerprint density at radius 1 is 1.14 bits per heavy atom. The van der Waals surface area contributed by atoms with Gasteiger partial charge in [0.1, 0.15) is 5.75 Å². The number of carbonyl (C=O) groups is 1. The second kappa shape index (κ2) is 8.55. The van der Waals surface area contributed by atoms with Gasteiger partial charge < -0.3 is 21.1 Å². The van der Waals surface area contributed by atoms with Crippen molar-refractivity contribution in [2.24, 2.45) is 5.73 Å². The molecule has 1 aliphatic heterocycles. The number of thiocarbonyl (C=S) groups is 1. The Bertz CT molecular complexity index is 971. The van der Waals surface area contributed by atoms with E-state index in [9.17, 15) is 4.79 Å². The molecule has 29 heavy (non-hydrogen) atoms. The molecular weight excluding hydrogens is 450 g/mol. The number of nitrogens with one attached hydrogen (secondary N) is 2. The lowest BCUT2D eigenvalue weighted by molar-refractivity contribution is -0.114. The summed E-state index contributed by atoms with van der Waals surface area (Å²) in [4.78, 5) is 12.6. The van der Waals surface area contributed by atoms with Gasteiger partial charge in [-0.05, 0) is 61.7 Å². The maximum absolute atomic E-state index is 12.6. The summed E-state index contributed by atoms with van der Waals surface area (Å²) in [6.45, 7) is 0. The van der Waals surface area contributed by atoms with Crippen LogP contribution in [0.15, 0.2) is 58.6 Å². The van der Waals surface area contributed by atoms with E-state index < -0.39 is 11.9 Å². The molecule has 1 amide bonds. The van der Waals surface area contributed by atoms with Gasteiger partial charge in [-0.15, -0.1) is 0 Å². The van der Waals surface area contributed by atoms with Crippen molar-refractivity contribution in [1.82, 2.24) is 10.6 Å². The highest BCUT2D eigenvalue weighted by Crippen LogP contribution is 2.38. The highest BCUT2D eigenvalue weighted by molar-refractivity contribution is 9.10. The number of ether oxygens (including phenoxy) is 1. The predicted molar refractivity (Wildman–Crippen MR) is 121 cm³/mol. The van der Waals surface area contributed by atoms with Crippen LogP contribution in [0.25, 0.3) is 5.70 Å². The molecule has 2 aromatic carbocycles. The van der Waals surface area contributed by atoms with Gasteiger partial charge in [0.15, 0.2) is 5.11 Å². The maximum atomic E-state index is 12.6. The first kappa shape index (κ1) is 19.9. The SMILES string of the molecule is NC(=O)C1=C(c2ccccc2)NC(=S)N[C@H]1c1cc(Br)ccc1OC1CCCC1. The third kappa shape index (κ3) is 4.31. The summed E-state index contributed by atoms with van der Waals surface area (Å²) in [6.07, 6.45) is 4.63. The van der Waals surface area contributed by atoms with Gasteiger partial charge in [0.25, 0.3) is 0 Å². The fourth-order valence-electron chi connectivity index (χ4n) is 3.93. The van der Waals surface area contributed by atoms with Crippen LogP contribution in [0.3, 0.4) is 0 Å². The molecule has 1 fully saturated rings. The fourth-order valence-corrected chi connectivity index (χ4v) is 4.53. The summed E-state index contributed by atoms with van der Waals surface area (Å²) >= 11 is 9.00. The fraction of sp³-hybridized carbons (Fsp3) is 0.273. The lowest BCUT2D eigenvalue weighted by atomic mass is 9.91. The maximum Gasteiger partial charge on any atom is 0.249 e. The van der Waals surface area contributed by atoms with E-state index in [4.69, 9.17) is 22.7 Å². The lowest BCUT2D eigenvalue weighted by Crippen LogP contribution is -2.46. The van der Waals surface area contributed by atoms with Crippen molar-refractivity contribution in [1.29, 1.82) is 0 Å². The molecule has 0 spiro atoms. The van der Waals surface area contributed by atoms with E-state index in [2.05, 4.69) is 26.6 Å². The van der Waals surface area contributed by atoms with Crippen LogP contribution in [0.5, 0.6) is 5.75 Å². The first-order valence-electron chi connectivity index (χ1n) is 9.66. The van der Waals surface area contributed by atoms with Crippen molar-refractivity contribution in [3.63, 3.8) is 0 Å². The highest BCUT2D eigenvalue weighted by Gasteiger charge is 2.33. The molecule has 0 radical (unpaired) electrons. The van der Waals surface area contributed by atoms with Gasteiger partial charge in [0.05, 0.1) is 23.4 Å². The average Bonchev–Trinajstić information content (AvgIpc) is 3.22. The monoisotopic (exact) mass is 471 g/mol. The Labute approximate surface area is 183 Å². The Morgan fingerprint density at radius 3 is 2.55 bits per heavy atom.